The molecule has 2 aromatic rings. The Morgan fingerprint density at radius 3 is 2.90 bits per heavy atom. The number of aryl methyl sites for hydroxylation is 1. The van der Waals surface area contributed by atoms with E-state index in [1.54, 1.807) is 25.1 Å². The Morgan fingerprint density at radius 2 is 2.30 bits per heavy atom. The van der Waals surface area contributed by atoms with Crippen LogP contribution in [-0.2, 0) is 4.79 Å². The van der Waals surface area contributed by atoms with E-state index in [4.69, 9.17) is 20.9 Å². The molecule has 0 fully saturated rings. The third-order valence-electron chi connectivity index (χ3n) is 2.70. The van der Waals surface area contributed by atoms with Crippen molar-refractivity contribution in [2.45, 2.75) is 32.8 Å². The summed E-state index contributed by atoms with van der Waals surface area (Å²) in [6.45, 7) is 3.69. The van der Waals surface area contributed by atoms with Crippen LogP contribution in [0.2, 0.25) is 0 Å². The molecule has 1 heterocycles. The van der Waals surface area contributed by atoms with Gasteiger partial charge in [-0.1, -0.05) is 30.6 Å². The highest BCUT2D eigenvalue weighted by molar-refractivity contribution is 6.64. The molecule has 0 N–H and O–H groups in total. The molecule has 2 rings (SSSR count). The minimum absolute atomic E-state index is 0.484. The van der Waals surface area contributed by atoms with Gasteiger partial charge < -0.3 is 9.26 Å². The van der Waals surface area contributed by atoms with Crippen LogP contribution in [0.25, 0.3) is 11.4 Å². The molecule has 1 aromatic heterocycles. The van der Waals surface area contributed by atoms with Crippen LogP contribution in [0.3, 0.4) is 0 Å². The van der Waals surface area contributed by atoms with Crippen molar-refractivity contribution in [2.75, 3.05) is 0 Å². The Morgan fingerprint density at radius 1 is 1.50 bits per heavy atom. The van der Waals surface area contributed by atoms with Gasteiger partial charge in [0.1, 0.15) is 5.75 Å². The molecule has 1 atom stereocenters. The molecular formula is C14H15ClN2O3. The van der Waals surface area contributed by atoms with Crippen LogP contribution >= 0.6 is 11.6 Å². The van der Waals surface area contributed by atoms with Gasteiger partial charge in [-0.25, -0.2) is 0 Å². The molecule has 0 amide bonds. The Kier molecular flexibility index (Phi) is 4.74. The number of ether oxygens (including phenoxy) is 1. The van der Waals surface area contributed by atoms with E-state index in [1.807, 2.05) is 13.0 Å². The smallest absolute Gasteiger partial charge is 0.262 e. The number of halogens is 1. The lowest BCUT2D eigenvalue weighted by Gasteiger charge is -2.14. The van der Waals surface area contributed by atoms with E-state index >= 15 is 0 Å². The monoisotopic (exact) mass is 294 g/mol. The summed E-state index contributed by atoms with van der Waals surface area (Å²) in [5.41, 5.74) is 0.761. The van der Waals surface area contributed by atoms with E-state index in [1.165, 1.54) is 0 Å². The first-order valence-electron chi connectivity index (χ1n) is 6.37. The maximum absolute atomic E-state index is 11.3. The van der Waals surface area contributed by atoms with Crippen molar-refractivity contribution in [3.8, 4) is 17.1 Å². The summed E-state index contributed by atoms with van der Waals surface area (Å²) in [6.07, 6.45) is 0.754. The zero-order chi connectivity index (χ0) is 14.5. The lowest BCUT2D eigenvalue weighted by atomic mass is 10.2. The average molecular weight is 295 g/mol. The van der Waals surface area contributed by atoms with Crippen molar-refractivity contribution in [3.63, 3.8) is 0 Å². The van der Waals surface area contributed by atoms with Gasteiger partial charge in [-0.05, 0) is 30.2 Å². The van der Waals surface area contributed by atoms with Gasteiger partial charge in [0.15, 0.2) is 6.10 Å². The molecule has 0 aliphatic rings. The fourth-order valence-electron chi connectivity index (χ4n) is 1.77. The molecule has 0 aliphatic carbocycles. The van der Waals surface area contributed by atoms with Gasteiger partial charge in [-0.3, -0.25) is 4.79 Å². The van der Waals surface area contributed by atoms with Crippen molar-refractivity contribution < 1.29 is 14.1 Å². The van der Waals surface area contributed by atoms with Gasteiger partial charge in [0, 0.05) is 12.5 Å². The minimum Gasteiger partial charge on any atom is -0.481 e. The van der Waals surface area contributed by atoms with Crippen molar-refractivity contribution in [3.05, 3.63) is 30.2 Å². The van der Waals surface area contributed by atoms with Gasteiger partial charge in [-0.2, -0.15) is 4.98 Å². The van der Waals surface area contributed by atoms with E-state index in [0.717, 1.165) is 12.0 Å². The van der Waals surface area contributed by atoms with Crippen molar-refractivity contribution in [1.82, 2.24) is 10.1 Å². The number of hydrogen-bond donors (Lipinski definition) is 0. The summed E-state index contributed by atoms with van der Waals surface area (Å²) in [4.78, 5) is 15.4. The molecule has 0 saturated carbocycles. The molecular weight excluding hydrogens is 280 g/mol. The zero-order valence-corrected chi connectivity index (χ0v) is 12.1. The molecule has 1 unspecified atom stereocenters. The van der Waals surface area contributed by atoms with Crippen molar-refractivity contribution >= 4 is 16.8 Å². The molecule has 0 spiro atoms. The second kappa shape index (κ2) is 6.52. The van der Waals surface area contributed by atoms with E-state index in [9.17, 15) is 4.79 Å². The lowest BCUT2D eigenvalue weighted by Crippen LogP contribution is -2.23. The number of carbonyl (C=O) groups excluding carboxylic acids is 1. The summed E-state index contributed by atoms with van der Waals surface area (Å²) in [6, 6.07) is 7.16. The maximum atomic E-state index is 11.3. The standard InChI is InChI=1S/C14H15ClN2O3/c1-3-5-12(13(15)18)19-11-7-4-6-10(8-11)14-16-9(2)20-17-14/h4,6-8,12H,3,5H2,1-2H3. The second-order valence-corrected chi connectivity index (χ2v) is 4.74. The summed E-state index contributed by atoms with van der Waals surface area (Å²) in [5, 5.41) is 3.35. The third-order valence-corrected chi connectivity index (χ3v) is 2.95. The van der Waals surface area contributed by atoms with Gasteiger partial charge in [0.2, 0.25) is 11.7 Å². The van der Waals surface area contributed by atoms with Gasteiger partial charge in [0.05, 0.1) is 0 Å². The Hall–Kier alpha value is -1.88. The van der Waals surface area contributed by atoms with Gasteiger partial charge in [-0.15, -0.1) is 0 Å². The predicted octanol–water partition coefficient (Wildman–Crippen LogP) is 3.36. The summed E-state index contributed by atoms with van der Waals surface area (Å²) < 4.78 is 10.6. The fraction of sp³-hybridized carbons (Fsp3) is 0.357. The Labute approximate surface area is 121 Å². The fourth-order valence-corrected chi connectivity index (χ4v) is 1.92. The predicted molar refractivity (Wildman–Crippen MR) is 74.7 cm³/mol. The lowest BCUT2D eigenvalue weighted by molar-refractivity contribution is -0.118. The van der Waals surface area contributed by atoms with Crippen LogP contribution < -0.4 is 4.74 Å². The van der Waals surface area contributed by atoms with Gasteiger partial charge >= 0.3 is 0 Å². The molecule has 0 bridgehead atoms. The van der Waals surface area contributed by atoms with Crippen LogP contribution in [0, 0.1) is 6.92 Å². The number of aromatic nitrogens is 2. The molecule has 6 heteroatoms. The Bertz CT molecular complexity index is 598. The van der Waals surface area contributed by atoms with E-state index < -0.39 is 11.3 Å². The summed E-state index contributed by atoms with van der Waals surface area (Å²) in [5.74, 6) is 1.53. The van der Waals surface area contributed by atoms with Crippen LogP contribution in [-0.4, -0.2) is 21.5 Å². The normalized spacial score (nSPS) is 12.2. The molecule has 106 valence electrons. The van der Waals surface area contributed by atoms with Crippen LogP contribution in [0.4, 0.5) is 0 Å². The quantitative estimate of drug-likeness (QED) is 0.764. The first kappa shape index (κ1) is 14.5. The average Bonchev–Trinajstić information content (AvgIpc) is 2.85. The summed E-state index contributed by atoms with van der Waals surface area (Å²) >= 11 is 5.53. The molecule has 20 heavy (non-hydrogen) atoms. The minimum atomic E-state index is -0.635. The number of rotatable bonds is 6. The van der Waals surface area contributed by atoms with Crippen LogP contribution in [0.5, 0.6) is 5.75 Å². The third kappa shape index (κ3) is 3.57. The highest BCUT2D eigenvalue weighted by Crippen LogP contribution is 2.23. The largest absolute Gasteiger partial charge is 0.481 e. The van der Waals surface area contributed by atoms with E-state index in [-0.39, 0.29) is 0 Å². The number of benzene rings is 1. The number of hydrogen-bond acceptors (Lipinski definition) is 5. The van der Waals surface area contributed by atoms with Crippen LogP contribution in [0.15, 0.2) is 28.8 Å². The SMILES string of the molecule is CCCC(Oc1cccc(-c2noc(C)n2)c1)C(=O)Cl. The highest BCUT2D eigenvalue weighted by Gasteiger charge is 2.17. The van der Waals surface area contributed by atoms with E-state index in [0.29, 0.717) is 23.9 Å². The number of carbonyl (C=O) groups is 1. The van der Waals surface area contributed by atoms with Crippen molar-refractivity contribution in [2.24, 2.45) is 0 Å². The maximum Gasteiger partial charge on any atom is 0.262 e. The molecule has 5 nitrogen and oxygen atoms in total. The Balaban J connectivity index is 2.19. The highest BCUT2D eigenvalue weighted by atomic mass is 35.5. The number of nitrogens with zero attached hydrogens (tertiary/aromatic N) is 2. The second-order valence-electron chi connectivity index (χ2n) is 4.36. The summed E-state index contributed by atoms with van der Waals surface area (Å²) in [7, 11) is 0. The van der Waals surface area contributed by atoms with Gasteiger partial charge in [0.25, 0.3) is 5.24 Å². The first-order valence-corrected chi connectivity index (χ1v) is 6.74. The topological polar surface area (TPSA) is 65.2 Å². The first-order chi connectivity index (χ1) is 9.60. The molecule has 0 radical (unpaired) electrons. The van der Waals surface area contributed by atoms with Crippen molar-refractivity contribution in [1.29, 1.82) is 0 Å². The molecule has 0 saturated heterocycles. The molecule has 1 aromatic carbocycles. The van der Waals surface area contributed by atoms with E-state index in [2.05, 4.69) is 10.1 Å². The van der Waals surface area contributed by atoms with Crippen LogP contribution in [0.1, 0.15) is 25.7 Å². The molecule has 0 aliphatic heterocycles. The zero-order valence-electron chi connectivity index (χ0n) is 11.3.